The summed E-state index contributed by atoms with van der Waals surface area (Å²) in [6.07, 6.45) is 1.67. The van der Waals surface area contributed by atoms with Crippen LogP contribution in [0.2, 0.25) is 0 Å². The third-order valence-electron chi connectivity index (χ3n) is 5.06. The largest absolute Gasteiger partial charge is 0.493 e. The third kappa shape index (κ3) is 3.99. The first kappa shape index (κ1) is 21.2. The number of aromatic nitrogens is 5. The lowest BCUT2D eigenvalue weighted by Gasteiger charge is -2.12. The molecule has 0 atom stereocenters. The molecule has 0 spiro atoms. The van der Waals surface area contributed by atoms with Gasteiger partial charge in [-0.25, -0.2) is 14.5 Å². The molecule has 8 heteroatoms. The average Bonchev–Trinajstić information content (AvgIpc) is 3.35. The quantitative estimate of drug-likeness (QED) is 0.440. The Morgan fingerprint density at radius 3 is 2.71 bits per heavy atom. The van der Waals surface area contributed by atoms with Gasteiger partial charge >= 0.3 is 0 Å². The lowest BCUT2D eigenvalue weighted by Crippen LogP contribution is -2.16. The van der Waals surface area contributed by atoms with Gasteiger partial charge in [-0.2, -0.15) is 0 Å². The number of aryl methyl sites for hydroxylation is 2. The number of nitrogens with one attached hydrogen (secondary N) is 1. The number of H-pyrrole nitrogens is 1. The Morgan fingerprint density at radius 2 is 2.03 bits per heavy atom. The number of fused-ring (bicyclic) bond motifs is 1. The van der Waals surface area contributed by atoms with Crippen LogP contribution in [-0.4, -0.2) is 31.2 Å². The second kappa shape index (κ2) is 8.63. The number of rotatable bonds is 7. The highest BCUT2D eigenvalue weighted by Crippen LogP contribution is 2.34. The first-order valence-electron chi connectivity index (χ1n) is 10.6. The van der Waals surface area contributed by atoms with E-state index in [4.69, 9.17) is 14.8 Å². The molecule has 0 bridgehead atoms. The van der Waals surface area contributed by atoms with Crippen LogP contribution in [0.25, 0.3) is 28.2 Å². The van der Waals surface area contributed by atoms with E-state index in [0.29, 0.717) is 35.3 Å². The molecule has 3 aromatic heterocycles. The number of aromatic amines is 1. The SMILES string of the molecule is CCCc1nc(C)c2c(=O)[nH]c(-c3cc(-c4csc(C(C)C)n4)ccc3OCC)nn12. The summed E-state index contributed by atoms with van der Waals surface area (Å²) in [5.74, 6) is 2.29. The van der Waals surface area contributed by atoms with E-state index >= 15 is 0 Å². The monoisotopic (exact) mass is 437 g/mol. The van der Waals surface area contributed by atoms with Crippen molar-refractivity contribution in [3.63, 3.8) is 0 Å². The van der Waals surface area contributed by atoms with Crippen LogP contribution >= 0.6 is 11.3 Å². The fraction of sp³-hybridized carbons (Fsp3) is 0.391. The van der Waals surface area contributed by atoms with Crippen molar-refractivity contribution >= 4 is 16.9 Å². The molecule has 4 aromatic rings. The van der Waals surface area contributed by atoms with E-state index in [2.05, 4.69) is 36.1 Å². The zero-order valence-electron chi connectivity index (χ0n) is 18.5. The van der Waals surface area contributed by atoms with Crippen molar-refractivity contribution < 1.29 is 4.74 Å². The molecular formula is C23H27N5O2S. The highest BCUT2D eigenvalue weighted by Gasteiger charge is 2.18. The summed E-state index contributed by atoms with van der Waals surface area (Å²) >= 11 is 1.65. The molecule has 4 rings (SSSR count). The molecule has 31 heavy (non-hydrogen) atoms. The lowest BCUT2D eigenvalue weighted by atomic mass is 10.1. The van der Waals surface area contributed by atoms with Crippen molar-refractivity contribution in [2.45, 2.75) is 53.4 Å². The van der Waals surface area contributed by atoms with Crippen molar-refractivity contribution in [1.82, 2.24) is 24.6 Å². The van der Waals surface area contributed by atoms with E-state index in [0.717, 1.165) is 40.5 Å². The number of imidazole rings is 1. The van der Waals surface area contributed by atoms with Gasteiger partial charge in [-0.3, -0.25) is 4.79 Å². The molecule has 0 aliphatic carbocycles. The summed E-state index contributed by atoms with van der Waals surface area (Å²) in [6, 6.07) is 5.89. The van der Waals surface area contributed by atoms with E-state index < -0.39 is 0 Å². The molecule has 1 aromatic carbocycles. The van der Waals surface area contributed by atoms with Gasteiger partial charge in [0.05, 0.1) is 28.6 Å². The van der Waals surface area contributed by atoms with Crippen molar-refractivity contribution in [1.29, 1.82) is 0 Å². The summed E-state index contributed by atoms with van der Waals surface area (Å²) in [7, 11) is 0. The van der Waals surface area contributed by atoms with Crippen LogP contribution < -0.4 is 10.3 Å². The Labute approximate surface area is 185 Å². The van der Waals surface area contributed by atoms with E-state index in [9.17, 15) is 4.79 Å². The molecular weight excluding hydrogens is 410 g/mol. The summed E-state index contributed by atoms with van der Waals surface area (Å²) in [6.45, 7) is 10.6. The molecule has 7 nitrogen and oxygen atoms in total. The molecule has 0 saturated heterocycles. The normalized spacial score (nSPS) is 11.5. The zero-order valence-corrected chi connectivity index (χ0v) is 19.3. The minimum Gasteiger partial charge on any atom is -0.493 e. The topological polar surface area (TPSA) is 85.2 Å². The van der Waals surface area contributed by atoms with Gasteiger partial charge in [0.25, 0.3) is 5.56 Å². The van der Waals surface area contributed by atoms with Crippen molar-refractivity contribution in [2.75, 3.05) is 6.61 Å². The Bertz CT molecular complexity index is 1290. The summed E-state index contributed by atoms with van der Waals surface area (Å²) < 4.78 is 7.53. The standard InChI is InChI=1S/C23H27N5O2S/c1-6-8-19-24-14(5)20-22(29)26-21(27-28(19)20)16-11-15(9-10-18(16)30-7-2)17-12-31-23(25-17)13(3)4/h9-13H,6-8H2,1-5H3,(H,26,27,29). The van der Waals surface area contributed by atoms with Gasteiger partial charge in [0.15, 0.2) is 11.3 Å². The van der Waals surface area contributed by atoms with E-state index in [1.165, 1.54) is 0 Å². The molecule has 0 fully saturated rings. The number of benzene rings is 1. The summed E-state index contributed by atoms with van der Waals surface area (Å²) in [4.78, 5) is 25.2. The summed E-state index contributed by atoms with van der Waals surface area (Å²) in [5.41, 5.74) is 3.56. The van der Waals surface area contributed by atoms with Crippen molar-refractivity contribution in [2.24, 2.45) is 0 Å². The van der Waals surface area contributed by atoms with Crippen LogP contribution in [-0.2, 0) is 6.42 Å². The molecule has 1 N–H and O–H groups in total. The van der Waals surface area contributed by atoms with E-state index in [1.807, 2.05) is 32.0 Å². The predicted molar refractivity (Wildman–Crippen MR) is 124 cm³/mol. The highest BCUT2D eigenvalue weighted by molar-refractivity contribution is 7.10. The van der Waals surface area contributed by atoms with Gasteiger partial charge in [-0.1, -0.05) is 20.8 Å². The second-order valence-corrected chi connectivity index (χ2v) is 8.69. The van der Waals surface area contributed by atoms with Crippen LogP contribution in [0.3, 0.4) is 0 Å². The van der Waals surface area contributed by atoms with E-state index in [1.54, 1.807) is 15.9 Å². The Hall–Kier alpha value is -3.00. The third-order valence-corrected chi connectivity index (χ3v) is 6.21. The predicted octanol–water partition coefficient (Wildman–Crippen LogP) is 4.99. The maximum atomic E-state index is 12.9. The average molecular weight is 438 g/mol. The number of hydrogen-bond donors (Lipinski definition) is 1. The molecule has 0 aliphatic heterocycles. The first-order chi connectivity index (χ1) is 14.9. The molecule has 0 aliphatic rings. The van der Waals surface area contributed by atoms with Crippen LogP contribution in [0.1, 0.15) is 56.6 Å². The maximum Gasteiger partial charge on any atom is 0.277 e. The number of thiazole rings is 1. The molecule has 0 saturated carbocycles. The van der Waals surface area contributed by atoms with Gasteiger partial charge in [0.1, 0.15) is 11.6 Å². The lowest BCUT2D eigenvalue weighted by molar-refractivity contribution is 0.341. The molecule has 162 valence electrons. The van der Waals surface area contributed by atoms with Crippen LogP contribution in [0.5, 0.6) is 5.75 Å². The van der Waals surface area contributed by atoms with E-state index in [-0.39, 0.29) is 5.56 Å². The zero-order chi connectivity index (χ0) is 22.1. The van der Waals surface area contributed by atoms with Gasteiger partial charge < -0.3 is 9.72 Å². The Kier molecular flexibility index (Phi) is 5.91. The molecule has 0 unspecified atom stereocenters. The smallest absolute Gasteiger partial charge is 0.277 e. The maximum absolute atomic E-state index is 12.9. The van der Waals surface area contributed by atoms with Gasteiger partial charge in [-0.05, 0) is 38.5 Å². The molecule has 0 radical (unpaired) electrons. The molecule has 3 heterocycles. The van der Waals surface area contributed by atoms with Gasteiger partial charge in [-0.15, -0.1) is 16.4 Å². The fourth-order valence-corrected chi connectivity index (χ4v) is 4.43. The highest BCUT2D eigenvalue weighted by atomic mass is 32.1. The van der Waals surface area contributed by atoms with Crippen molar-refractivity contribution in [3.8, 4) is 28.4 Å². The second-order valence-electron chi connectivity index (χ2n) is 7.80. The number of nitrogens with zero attached hydrogens (tertiary/aromatic N) is 4. The van der Waals surface area contributed by atoms with Crippen LogP contribution in [0.15, 0.2) is 28.4 Å². The summed E-state index contributed by atoms with van der Waals surface area (Å²) in [5, 5.41) is 7.91. The first-order valence-corrected chi connectivity index (χ1v) is 11.5. The minimum atomic E-state index is -0.207. The van der Waals surface area contributed by atoms with Crippen LogP contribution in [0, 0.1) is 6.92 Å². The Morgan fingerprint density at radius 1 is 1.23 bits per heavy atom. The van der Waals surface area contributed by atoms with Gasteiger partial charge in [0.2, 0.25) is 0 Å². The van der Waals surface area contributed by atoms with Gasteiger partial charge in [0, 0.05) is 23.3 Å². The van der Waals surface area contributed by atoms with Crippen molar-refractivity contribution in [3.05, 3.63) is 50.5 Å². The number of ether oxygens (including phenoxy) is 1. The fourth-order valence-electron chi connectivity index (χ4n) is 3.58. The minimum absolute atomic E-state index is 0.207. The number of hydrogen-bond acceptors (Lipinski definition) is 6. The Balaban J connectivity index is 1.90. The molecule has 0 amide bonds. The van der Waals surface area contributed by atoms with Crippen LogP contribution in [0.4, 0.5) is 0 Å².